The highest BCUT2D eigenvalue weighted by atomic mass is 16.5. The Kier molecular flexibility index (Phi) is 3.96. The highest BCUT2D eigenvalue weighted by Gasteiger charge is 2.22. The van der Waals surface area contributed by atoms with Gasteiger partial charge in [0.05, 0.1) is 18.9 Å². The van der Waals surface area contributed by atoms with Crippen molar-refractivity contribution >= 4 is 11.7 Å². The monoisotopic (exact) mass is 298 g/mol. The molecule has 3 rings (SSSR count). The fraction of sp³-hybridized carbons (Fsp3) is 0.294. The van der Waals surface area contributed by atoms with Gasteiger partial charge in [0.2, 0.25) is 0 Å². The first-order chi connectivity index (χ1) is 10.7. The van der Waals surface area contributed by atoms with Gasteiger partial charge in [0, 0.05) is 11.9 Å². The Hall–Kier alpha value is -2.56. The molecule has 1 aliphatic rings. The Balaban J connectivity index is 1.86. The Bertz CT molecular complexity index is 700. The molecule has 0 bridgehead atoms. The molecule has 1 unspecified atom stereocenters. The van der Waals surface area contributed by atoms with E-state index >= 15 is 0 Å². The Morgan fingerprint density at radius 1 is 1.32 bits per heavy atom. The van der Waals surface area contributed by atoms with E-state index in [1.165, 1.54) is 18.9 Å². The maximum Gasteiger partial charge on any atom is 0.339 e. The number of fused-ring (bicyclic) bond motifs is 1. The van der Waals surface area contributed by atoms with E-state index in [-0.39, 0.29) is 6.10 Å². The van der Waals surface area contributed by atoms with E-state index in [0.717, 1.165) is 30.5 Å². The lowest BCUT2D eigenvalue weighted by Gasteiger charge is -2.26. The van der Waals surface area contributed by atoms with Crippen molar-refractivity contribution in [2.75, 3.05) is 12.8 Å². The molecule has 1 atom stereocenters. The van der Waals surface area contributed by atoms with E-state index in [9.17, 15) is 4.79 Å². The molecule has 1 heterocycles. The lowest BCUT2D eigenvalue weighted by Crippen LogP contribution is -2.16. The van der Waals surface area contributed by atoms with E-state index < -0.39 is 5.97 Å². The zero-order chi connectivity index (χ0) is 15.5. The van der Waals surface area contributed by atoms with Crippen molar-refractivity contribution in [1.82, 2.24) is 4.98 Å². The molecule has 0 spiro atoms. The minimum absolute atomic E-state index is 0.0676. The van der Waals surface area contributed by atoms with Gasteiger partial charge in [-0.1, -0.05) is 6.07 Å². The first-order valence-electron chi connectivity index (χ1n) is 7.25. The summed E-state index contributed by atoms with van der Waals surface area (Å²) in [7, 11) is 1.34. The maximum atomic E-state index is 11.6. The molecule has 0 aliphatic heterocycles. The summed E-state index contributed by atoms with van der Waals surface area (Å²) in [6, 6.07) is 7.60. The van der Waals surface area contributed by atoms with Crippen LogP contribution in [0.25, 0.3) is 0 Å². The third-order valence-corrected chi connectivity index (χ3v) is 3.84. The van der Waals surface area contributed by atoms with Crippen molar-refractivity contribution in [3.8, 4) is 5.75 Å². The fourth-order valence-corrected chi connectivity index (χ4v) is 2.77. The van der Waals surface area contributed by atoms with E-state index in [4.69, 9.17) is 15.2 Å². The van der Waals surface area contributed by atoms with Crippen molar-refractivity contribution in [3.63, 3.8) is 0 Å². The molecule has 0 radical (unpaired) electrons. The summed E-state index contributed by atoms with van der Waals surface area (Å²) >= 11 is 0. The van der Waals surface area contributed by atoms with Gasteiger partial charge in [0.25, 0.3) is 0 Å². The maximum absolute atomic E-state index is 11.6. The third-order valence-electron chi connectivity index (χ3n) is 3.84. The third kappa shape index (κ3) is 2.88. The van der Waals surface area contributed by atoms with E-state index in [0.29, 0.717) is 11.3 Å². The summed E-state index contributed by atoms with van der Waals surface area (Å²) in [4.78, 5) is 15.6. The number of hydrogen-bond acceptors (Lipinski definition) is 5. The van der Waals surface area contributed by atoms with Crippen LogP contribution < -0.4 is 10.5 Å². The Morgan fingerprint density at radius 2 is 2.18 bits per heavy atom. The molecule has 0 amide bonds. The second kappa shape index (κ2) is 6.05. The van der Waals surface area contributed by atoms with Crippen LogP contribution in [-0.4, -0.2) is 18.1 Å². The van der Waals surface area contributed by atoms with Crippen LogP contribution in [0.3, 0.4) is 0 Å². The topological polar surface area (TPSA) is 74.4 Å². The van der Waals surface area contributed by atoms with Crippen LogP contribution in [0.1, 0.15) is 40.4 Å². The number of methoxy groups -OCH3 is 1. The number of anilines is 1. The number of nitrogens with two attached hydrogens (primary N) is 1. The standard InChI is InChI=1S/C17H18N2O3/c1-21-17(20)12-7-14(10-19-9-12)22-16-4-2-3-11-5-6-13(18)8-15(11)16/h5-10,16H,2-4,18H2,1H3. The number of nitrogen functional groups attached to an aromatic ring is 1. The summed E-state index contributed by atoms with van der Waals surface area (Å²) in [6.45, 7) is 0. The first-order valence-corrected chi connectivity index (χ1v) is 7.25. The van der Waals surface area contributed by atoms with Gasteiger partial charge in [-0.15, -0.1) is 0 Å². The average molecular weight is 298 g/mol. The molecule has 1 aliphatic carbocycles. The summed E-state index contributed by atoms with van der Waals surface area (Å²) in [5.41, 5.74) is 9.39. The van der Waals surface area contributed by atoms with Crippen molar-refractivity contribution < 1.29 is 14.3 Å². The number of benzene rings is 1. The van der Waals surface area contributed by atoms with Gasteiger partial charge in [-0.05, 0) is 48.6 Å². The van der Waals surface area contributed by atoms with E-state index in [1.807, 2.05) is 12.1 Å². The summed E-state index contributed by atoms with van der Waals surface area (Å²) in [6.07, 6.45) is 6.01. The molecule has 114 valence electrons. The first kappa shape index (κ1) is 14.4. The van der Waals surface area contributed by atoms with Crippen LogP contribution in [-0.2, 0) is 11.2 Å². The van der Waals surface area contributed by atoms with Gasteiger partial charge >= 0.3 is 5.97 Å². The van der Waals surface area contributed by atoms with Gasteiger partial charge in [-0.3, -0.25) is 4.98 Å². The van der Waals surface area contributed by atoms with Gasteiger partial charge in [-0.2, -0.15) is 0 Å². The molecule has 0 fully saturated rings. The number of esters is 1. The van der Waals surface area contributed by atoms with Gasteiger partial charge in [-0.25, -0.2) is 4.79 Å². The fourth-order valence-electron chi connectivity index (χ4n) is 2.77. The summed E-state index contributed by atoms with van der Waals surface area (Å²) < 4.78 is 10.7. The van der Waals surface area contributed by atoms with E-state index in [2.05, 4.69) is 11.1 Å². The van der Waals surface area contributed by atoms with Crippen molar-refractivity contribution in [3.05, 3.63) is 53.3 Å². The zero-order valence-corrected chi connectivity index (χ0v) is 12.4. The number of aryl methyl sites for hydroxylation is 1. The summed E-state index contributed by atoms with van der Waals surface area (Å²) in [5, 5.41) is 0. The van der Waals surface area contributed by atoms with Crippen LogP contribution in [0.15, 0.2) is 36.7 Å². The number of pyridine rings is 1. The smallest absolute Gasteiger partial charge is 0.339 e. The van der Waals surface area contributed by atoms with Crippen molar-refractivity contribution in [2.45, 2.75) is 25.4 Å². The van der Waals surface area contributed by atoms with Crippen LogP contribution in [0.4, 0.5) is 5.69 Å². The van der Waals surface area contributed by atoms with Gasteiger partial charge in [0.15, 0.2) is 0 Å². The van der Waals surface area contributed by atoms with Gasteiger partial charge < -0.3 is 15.2 Å². The normalized spacial score (nSPS) is 16.7. The predicted octanol–water partition coefficient (Wildman–Crippen LogP) is 2.91. The quantitative estimate of drug-likeness (QED) is 0.696. The molecule has 2 N–H and O–H groups in total. The number of aromatic nitrogens is 1. The second-order valence-electron chi connectivity index (χ2n) is 5.36. The average Bonchev–Trinajstić information content (AvgIpc) is 2.55. The lowest BCUT2D eigenvalue weighted by atomic mass is 9.89. The molecular weight excluding hydrogens is 280 g/mol. The molecular formula is C17H18N2O3. The van der Waals surface area contributed by atoms with E-state index in [1.54, 1.807) is 12.3 Å². The van der Waals surface area contributed by atoms with Crippen LogP contribution in [0.2, 0.25) is 0 Å². The minimum atomic E-state index is -0.425. The molecule has 0 saturated heterocycles. The van der Waals surface area contributed by atoms with Crippen LogP contribution >= 0.6 is 0 Å². The molecule has 1 aromatic carbocycles. The van der Waals surface area contributed by atoms with Crippen LogP contribution in [0.5, 0.6) is 5.75 Å². The molecule has 22 heavy (non-hydrogen) atoms. The number of hydrogen-bond donors (Lipinski definition) is 1. The molecule has 5 nitrogen and oxygen atoms in total. The highest BCUT2D eigenvalue weighted by Crippen LogP contribution is 2.34. The second-order valence-corrected chi connectivity index (χ2v) is 5.36. The van der Waals surface area contributed by atoms with Crippen LogP contribution in [0, 0.1) is 0 Å². The minimum Gasteiger partial charge on any atom is -0.484 e. The Labute approximate surface area is 129 Å². The number of carbonyl (C=O) groups is 1. The number of ether oxygens (including phenoxy) is 2. The molecule has 1 aromatic heterocycles. The largest absolute Gasteiger partial charge is 0.484 e. The molecule has 0 saturated carbocycles. The van der Waals surface area contributed by atoms with Crippen molar-refractivity contribution in [2.24, 2.45) is 0 Å². The summed E-state index contributed by atoms with van der Waals surface area (Å²) in [5.74, 6) is 0.134. The van der Waals surface area contributed by atoms with Crippen molar-refractivity contribution in [1.29, 1.82) is 0 Å². The lowest BCUT2D eigenvalue weighted by molar-refractivity contribution is 0.0599. The molecule has 2 aromatic rings. The SMILES string of the molecule is COC(=O)c1cncc(OC2CCCc3ccc(N)cc32)c1. The highest BCUT2D eigenvalue weighted by molar-refractivity contribution is 5.89. The molecule has 5 heteroatoms. The number of carbonyl (C=O) groups excluding carboxylic acids is 1. The Morgan fingerprint density at radius 3 is 3.00 bits per heavy atom. The van der Waals surface area contributed by atoms with Gasteiger partial charge in [0.1, 0.15) is 11.9 Å². The predicted molar refractivity (Wildman–Crippen MR) is 82.7 cm³/mol. The zero-order valence-electron chi connectivity index (χ0n) is 12.4. The number of rotatable bonds is 3. The number of nitrogens with zero attached hydrogens (tertiary/aromatic N) is 1.